The number of anilines is 3. The van der Waals surface area contributed by atoms with Crippen molar-refractivity contribution < 1.29 is 0 Å². The molecular formula is C21H28N6. The van der Waals surface area contributed by atoms with Gasteiger partial charge in [-0.3, -0.25) is 0 Å². The maximum atomic E-state index is 6.33. The van der Waals surface area contributed by atoms with Crippen LogP contribution in [0.5, 0.6) is 0 Å². The lowest BCUT2D eigenvalue weighted by atomic mass is 9.85. The fourth-order valence-corrected chi connectivity index (χ4v) is 4.04. The molecule has 0 radical (unpaired) electrons. The van der Waals surface area contributed by atoms with E-state index in [1.807, 2.05) is 41.0 Å². The molecule has 1 aliphatic carbocycles. The quantitative estimate of drug-likeness (QED) is 0.646. The fourth-order valence-electron chi connectivity index (χ4n) is 4.04. The molecule has 0 atom stereocenters. The number of nitrogens with two attached hydrogens (primary N) is 2. The van der Waals surface area contributed by atoms with Gasteiger partial charge in [0, 0.05) is 23.2 Å². The first kappa shape index (κ1) is 17.8. The van der Waals surface area contributed by atoms with E-state index in [9.17, 15) is 0 Å². The molecule has 142 valence electrons. The summed E-state index contributed by atoms with van der Waals surface area (Å²) in [6.45, 7) is 4.26. The third kappa shape index (κ3) is 3.49. The molecule has 6 nitrogen and oxygen atoms in total. The lowest BCUT2D eigenvalue weighted by Gasteiger charge is -2.24. The molecule has 1 aliphatic rings. The van der Waals surface area contributed by atoms with Gasteiger partial charge in [-0.25, -0.2) is 9.50 Å². The van der Waals surface area contributed by atoms with Gasteiger partial charge in [-0.15, -0.1) is 5.10 Å². The summed E-state index contributed by atoms with van der Waals surface area (Å²) in [5, 5.41) is 8.13. The highest BCUT2D eigenvalue weighted by molar-refractivity contribution is 5.80. The van der Waals surface area contributed by atoms with Crippen molar-refractivity contribution in [2.24, 2.45) is 5.73 Å². The summed E-state index contributed by atoms with van der Waals surface area (Å²) in [4.78, 5) is 4.98. The minimum Gasteiger partial charge on any atom is -0.382 e. The van der Waals surface area contributed by atoms with E-state index in [1.165, 1.54) is 0 Å². The van der Waals surface area contributed by atoms with Crippen LogP contribution >= 0.6 is 0 Å². The van der Waals surface area contributed by atoms with E-state index < -0.39 is 0 Å². The molecule has 0 amide bonds. The molecule has 1 fully saturated rings. The second-order valence-electron chi connectivity index (χ2n) is 7.87. The van der Waals surface area contributed by atoms with Gasteiger partial charge in [0.25, 0.3) is 0 Å². The zero-order valence-electron chi connectivity index (χ0n) is 16.0. The van der Waals surface area contributed by atoms with Gasteiger partial charge in [0.1, 0.15) is 5.82 Å². The first-order valence-corrected chi connectivity index (χ1v) is 9.79. The van der Waals surface area contributed by atoms with Crippen LogP contribution in [0.1, 0.15) is 62.6 Å². The van der Waals surface area contributed by atoms with E-state index in [2.05, 4.69) is 24.3 Å². The highest BCUT2D eigenvalue weighted by Gasteiger charge is 2.25. The molecule has 0 bridgehead atoms. The number of benzene rings is 1. The standard InChI is InChI=1S/C21H28N6/c1-13(2)18-19(24-16-6-4-3-5-7-16)21-25-17(12-27(21)26-20(18)23)14-8-10-15(22)11-9-14/h3-7,12-15,24H,8-11,22H2,1-2H3,(H2,23,26)/t14-,15-. The summed E-state index contributed by atoms with van der Waals surface area (Å²) in [5.74, 6) is 1.23. The second kappa shape index (κ2) is 7.19. The summed E-state index contributed by atoms with van der Waals surface area (Å²) in [6.07, 6.45) is 6.31. The van der Waals surface area contributed by atoms with Crippen molar-refractivity contribution in [3.63, 3.8) is 0 Å². The van der Waals surface area contributed by atoms with Gasteiger partial charge in [-0.2, -0.15) is 0 Å². The van der Waals surface area contributed by atoms with Crippen molar-refractivity contribution in [3.8, 4) is 0 Å². The van der Waals surface area contributed by atoms with Gasteiger partial charge < -0.3 is 16.8 Å². The summed E-state index contributed by atoms with van der Waals surface area (Å²) in [6, 6.07) is 10.5. The topological polar surface area (TPSA) is 94.3 Å². The maximum absolute atomic E-state index is 6.33. The van der Waals surface area contributed by atoms with Crippen molar-refractivity contribution in [2.75, 3.05) is 11.1 Å². The Morgan fingerprint density at radius 1 is 1.11 bits per heavy atom. The van der Waals surface area contributed by atoms with Gasteiger partial charge in [-0.1, -0.05) is 32.0 Å². The SMILES string of the molecule is CC(C)c1c(N)nn2cc([C@H]3CC[C@H](N)CC3)nc2c1Nc1ccccc1. The summed E-state index contributed by atoms with van der Waals surface area (Å²) < 4.78 is 1.83. The van der Waals surface area contributed by atoms with E-state index in [1.54, 1.807) is 0 Å². The van der Waals surface area contributed by atoms with Crippen LogP contribution in [0.4, 0.5) is 17.2 Å². The van der Waals surface area contributed by atoms with Crippen molar-refractivity contribution in [2.45, 2.75) is 57.4 Å². The molecule has 1 saturated carbocycles. The van der Waals surface area contributed by atoms with Crippen molar-refractivity contribution in [1.82, 2.24) is 14.6 Å². The molecule has 1 aromatic carbocycles. The van der Waals surface area contributed by atoms with Crippen molar-refractivity contribution in [3.05, 3.63) is 47.8 Å². The van der Waals surface area contributed by atoms with E-state index in [-0.39, 0.29) is 5.92 Å². The summed E-state index contributed by atoms with van der Waals surface area (Å²) >= 11 is 0. The molecule has 5 N–H and O–H groups in total. The molecule has 0 spiro atoms. The van der Waals surface area contributed by atoms with Crippen LogP contribution in [-0.4, -0.2) is 20.6 Å². The van der Waals surface area contributed by atoms with Gasteiger partial charge in [0.05, 0.1) is 17.6 Å². The second-order valence-corrected chi connectivity index (χ2v) is 7.87. The Morgan fingerprint density at radius 3 is 2.48 bits per heavy atom. The summed E-state index contributed by atoms with van der Waals surface area (Å²) in [7, 11) is 0. The minimum absolute atomic E-state index is 0.238. The number of nitrogens with one attached hydrogen (secondary N) is 1. The molecular weight excluding hydrogens is 336 g/mol. The Kier molecular flexibility index (Phi) is 4.74. The number of hydrogen-bond acceptors (Lipinski definition) is 5. The van der Waals surface area contributed by atoms with Crippen LogP contribution < -0.4 is 16.8 Å². The van der Waals surface area contributed by atoms with Gasteiger partial charge in [0.15, 0.2) is 5.65 Å². The zero-order valence-corrected chi connectivity index (χ0v) is 16.0. The van der Waals surface area contributed by atoms with Gasteiger partial charge in [-0.05, 0) is 43.7 Å². The number of aromatic nitrogens is 3. The minimum atomic E-state index is 0.238. The van der Waals surface area contributed by atoms with Gasteiger partial charge >= 0.3 is 0 Å². The average Bonchev–Trinajstić information content (AvgIpc) is 3.06. The van der Waals surface area contributed by atoms with E-state index in [4.69, 9.17) is 16.5 Å². The number of fused-ring (bicyclic) bond motifs is 1. The van der Waals surface area contributed by atoms with E-state index >= 15 is 0 Å². The first-order chi connectivity index (χ1) is 13.0. The Bertz CT molecular complexity index is 923. The number of hydrogen-bond donors (Lipinski definition) is 3. The van der Waals surface area contributed by atoms with Crippen LogP contribution in [0.3, 0.4) is 0 Å². The predicted octanol–water partition coefficient (Wildman–Crippen LogP) is 4.16. The largest absolute Gasteiger partial charge is 0.382 e. The molecule has 2 heterocycles. The number of nitrogens with zero attached hydrogens (tertiary/aromatic N) is 3. The Hall–Kier alpha value is -2.60. The smallest absolute Gasteiger partial charge is 0.178 e. The van der Waals surface area contributed by atoms with Crippen LogP contribution in [0.25, 0.3) is 5.65 Å². The van der Waals surface area contributed by atoms with Crippen molar-refractivity contribution >= 4 is 22.8 Å². The zero-order chi connectivity index (χ0) is 19.0. The number of para-hydroxylation sites is 1. The van der Waals surface area contributed by atoms with Crippen LogP contribution in [0.2, 0.25) is 0 Å². The Morgan fingerprint density at radius 2 is 1.81 bits per heavy atom. The third-order valence-corrected chi connectivity index (χ3v) is 5.50. The number of nitrogen functional groups attached to an aromatic ring is 1. The van der Waals surface area contributed by atoms with Crippen molar-refractivity contribution in [1.29, 1.82) is 0 Å². The molecule has 0 aliphatic heterocycles. The van der Waals surface area contributed by atoms with Crippen LogP contribution in [0.15, 0.2) is 36.5 Å². The molecule has 2 aromatic heterocycles. The molecule has 0 unspecified atom stereocenters. The maximum Gasteiger partial charge on any atom is 0.178 e. The highest BCUT2D eigenvalue weighted by Crippen LogP contribution is 2.37. The lowest BCUT2D eigenvalue weighted by molar-refractivity contribution is 0.391. The first-order valence-electron chi connectivity index (χ1n) is 9.79. The number of rotatable bonds is 4. The van der Waals surface area contributed by atoms with Gasteiger partial charge in [0.2, 0.25) is 0 Å². The van der Waals surface area contributed by atoms with Crippen LogP contribution in [-0.2, 0) is 0 Å². The molecule has 4 rings (SSSR count). The molecule has 0 saturated heterocycles. The monoisotopic (exact) mass is 364 g/mol. The third-order valence-electron chi connectivity index (χ3n) is 5.50. The average molecular weight is 364 g/mol. The molecule has 6 heteroatoms. The fraction of sp³-hybridized carbons (Fsp3) is 0.429. The predicted molar refractivity (Wildman–Crippen MR) is 110 cm³/mol. The Balaban J connectivity index is 1.80. The van der Waals surface area contributed by atoms with E-state index in [0.29, 0.717) is 17.8 Å². The number of imidazole rings is 1. The molecule has 3 aromatic rings. The normalized spacial score (nSPS) is 20.3. The van der Waals surface area contributed by atoms with Crippen LogP contribution in [0, 0.1) is 0 Å². The lowest BCUT2D eigenvalue weighted by Crippen LogP contribution is -2.25. The molecule has 27 heavy (non-hydrogen) atoms. The Labute approximate surface area is 160 Å². The van der Waals surface area contributed by atoms with E-state index in [0.717, 1.165) is 54.0 Å². The highest BCUT2D eigenvalue weighted by atomic mass is 15.3. The summed E-state index contributed by atoms with van der Waals surface area (Å²) in [5.41, 5.74) is 17.3.